The first kappa shape index (κ1) is 13.2. The van der Waals surface area contributed by atoms with Crippen LogP contribution in [-0.4, -0.2) is 41.2 Å². The molecule has 0 aromatic heterocycles. The number of ether oxygens (including phenoxy) is 1. The summed E-state index contributed by atoms with van der Waals surface area (Å²) < 4.78 is 5.22. The molecule has 2 aliphatic rings. The van der Waals surface area contributed by atoms with Crippen LogP contribution in [0.2, 0.25) is 0 Å². The zero-order valence-corrected chi connectivity index (χ0v) is 11.6. The third-order valence-corrected chi connectivity index (χ3v) is 4.06. The average molecular weight is 273 g/mol. The highest BCUT2D eigenvalue weighted by Crippen LogP contribution is 2.27. The Morgan fingerprint density at radius 2 is 2.05 bits per heavy atom. The standard InChI is InChI=1S/C16H19NO3/c1-11-10-15(16(19)20-11)17-8-6-13(7-9-17)12-2-4-14(18)5-3-12/h2-6,11,15,18H,7-10H2,1H3/t11-,15+/m0/s1. The second-order valence-corrected chi connectivity index (χ2v) is 5.52. The summed E-state index contributed by atoms with van der Waals surface area (Å²) in [6.07, 6.45) is 3.92. The number of esters is 1. The number of benzene rings is 1. The van der Waals surface area contributed by atoms with E-state index in [2.05, 4.69) is 11.0 Å². The van der Waals surface area contributed by atoms with Crippen molar-refractivity contribution < 1.29 is 14.6 Å². The molecule has 0 unspecified atom stereocenters. The molecular weight excluding hydrogens is 254 g/mol. The van der Waals surface area contributed by atoms with Gasteiger partial charge in [0.2, 0.25) is 0 Å². The van der Waals surface area contributed by atoms with E-state index in [-0.39, 0.29) is 23.9 Å². The van der Waals surface area contributed by atoms with Gasteiger partial charge < -0.3 is 9.84 Å². The fourth-order valence-corrected chi connectivity index (χ4v) is 2.94. The molecule has 4 nitrogen and oxygen atoms in total. The Labute approximate surface area is 118 Å². The Balaban J connectivity index is 1.69. The molecule has 0 amide bonds. The van der Waals surface area contributed by atoms with E-state index < -0.39 is 0 Å². The number of hydrogen-bond donors (Lipinski definition) is 1. The average Bonchev–Trinajstić information content (AvgIpc) is 2.79. The molecule has 1 aromatic carbocycles. The van der Waals surface area contributed by atoms with Gasteiger partial charge in [0, 0.05) is 19.5 Å². The van der Waals surface area contributed by atoms with Crippen molar-refractivity contribution in [2.75, 3.05) is 13.1 Å². The SMILES string of the molecule is C[C@H]1C[C@@H](N2CC=C(c3ccc(O)cc3)CC2)C(=O)O1. The largest absolute Gasteiger partial charge is 0.508 e. The third-order valence-electron chi connectivity index (χ3n) is 4.06. The summed E-state index contributed by atoms with van der Waals surface area (Å²) in [7, 11) is 0. The molecule has 1 aromatic rings. The molecule has 106 valence electrons. The summed E-state index contributed by atoms with van der Waals surface area (Å²) in [5.74, 6) is 0.202. The van der Waals surface area contributed by atoms with E-state index in [4.69, 9.17) is 4.74 Å². The number of rotatable bonds is 2. The van der Waals surface area contributed by atoms with Crippen LogP contribution in [0.25, 0.3) is 5.57 Å². The number of aromatic hydroxyl groups is 1. The second kappa shape index (κ2) is 5.29. The van der Waals surface area contributed by atoms with Gasteiger partial charge in [0.25, 0.3) is 0 Å². The minimum absolute atomic E-state index is 0.0370. The van der Waals surface area contributed by atoms with Crippen molar-refractivity contribution in [1.29, 1.82) is 0 Å². The van der Waals surface area contributed by atoms with Crippen LogP contribution in [0.3, 0.4) is 0 Å². The van der Waals surface area contributed by atoms with E-state index in [1.165, 1.54) is 5.57 Å². The molecule has 1 saturated heterocycles. The maximum atomic E-state index is 11.8. The zero-order valence-electron chi connectivity index (χ0n) is 11.6. The van der Waals surface area contributed by atoms with E-state index in [1.54, 1.807) is 12.1 Å². The van der Waals surface area contributed by atoms with Crippen LogP contribution in [0.5, 0.6) is 5.75 Å². The molecule has 1 fully saturated rings. The Morgan fingerprint density at radius 3 is 2.60 bits per heavy atom. The fourth-order valence-electron chi connectivity index (χ4n) is 2.94. The molecule has 0 bridgehead atoms. The Morgan fingerprint density at radius 1 is 1.30 bits per heavy atom. The Kier molecular flexibility index (Phi) is 3.49. The first-order chi connectivity index (χ1) is 9.63. The maximum absolute atomic E-state index is 11.8. The zero-order chi connectivity index (χ0) is 14.1. The van der Waals surface area contributed by atoms with Crippen LogP contribution in [0, 0.1) is 0 Å². The molecular formula is C16H19NO3. The number of cyclic esters (lactones) is 1. The van der Waals surface area contributed by atoms with E-state index in [9.17, 15) is 9.90 Å². The lowest BCUT2D eigenvalue weighted by atomic mass is 9.98. The minimum Gasteiger partial charge on any atom is -0.508 e. The predicted octanol–water partition coefficient (Wildman–Crippen LogP) is 2.19. The summed E-state index contributed by atoms with van der Waals surface area (Å²) in [6.45, 7) is 3.60. The molecule has 2 heterocycles. The highest BCUT2D eigenvalue weighted by atomic mass is 16.6. The monoisotopic (exact) mass is 273 g/mol. The molecule has 2 aliphatic heterocycles. The van der Waals surface area contributed by atoms with Crippen molar-refractivity contribution in [2.45, 2.75) is 31.9 Å². The number of phenols is 1. The normalized spacial score (nSPS) is 27.2. The highest BCUT2D eigenvalue weighted by molar-refractivity contribution is 5.78. The lowest BCUT2D eigenvalue weighted by Crippen LogP contribution is -2.41. The molecule has 20 heavy (non-hydrogen) atoms. The van der Waals surface area contributed by atoms with Crippen LogP contribution >= 0.6 is 0 Å². The summed E-state index contributed by atoms with van der Waals surface area (Å²) in [5, 5.41) is 9.32. The molecule has 1 N–H and O–H groups in total. The quantitative estimate of drug-likeness (QED) is 0.839. The van der Waals surface area contributed by atoms with Crippen molar-refractivity contribution >= 4 is 11.5 Å². The van der Waals surface area contributed by atoms with E-state index in [1.807, 2.05) is 19.1 Å². The lowest BCUT2D eigenvalue weighted by molar-refractivity contribution is -0.144. The van der Waals surface area contributed by atoms with Crippen molar-refractivity contribution in [2.24, 2.45) is 0 Å². The predicted molar refractivity (Wildman–Crippen MR) is 76.2 cm³/mol. The molecule has 0 spiro atoms. The van der Waals surface area contributed by atoms with Gasteiger partial charge in [-0.3, -0.25) is 9.69 Å². The topological polar surface area (TPSA) is 49.8 Å². The molecule has 3 rings (SSSR count). The van der Waals surface area contributed by atoms with Crippen molar-refractivity contribution in [3.63, 3.8) is 0 Å². The van der Waals surface area contributed by atoms with Crippen LogP contribution in [-0.2, 0) is 9.53 Å². The molecule has 0 radical (unpaired) electrons. The molecule has 0 saturated carbocycles. The van der Waals surface area contributed by atoms with E-state index in [0.717, 1.165) is 31.5 Å². The Bertz CT molecular complexity index is 535. The minimum atomic E-state index is -0.0843. The smallest absolute Gasteiger partial charge is 0.323 e. The Hall–Kier alpha value is -1.81. The first-order valence-electron chi connectivity index (χ1n) is 7.06. The van der Waals surface area contributed by atoms with E-state index >= 15 is 0 Å². The van der Waals surface area contributed by atoms with Crippen molar-refractivity contribution in [3.8, 4) is 5.75 Å². The van der Waals surface area contributed by atoms with Gasteiger partial charge in [0.15, 0.2) is 0 Å². The van der Waals surface area contributed by atoms with Gasteiger partial charge in [-0.2, -0.15) is 0 Å². The maximum Gasteiger partial charge on any atom is 0.323 e. The number of carbonyl (C=O) groups is 1. The number of hydrogen-bond acceptors (Lipinski definition) is 4. The lowest BCUT2D eigenvalue weighted by Gasteiger charge is -2.29. The van der Waals surface area contributed by atoms with Gasteiger partial charge in [-0.15, -0.1) is 0 Å². The van der Waals surface area contributed by atoms with Gasteiger partial charge in [0.1, 0.15) is 17.9 Å². The summed E-state index contributed by atoms with van der Waals surface area (Å²) in [6, 6.07) is 7.20. The molecule has 2 atom stereocenters. The summed E-state index contributed by atoms with van der Waals surface area (Å²) >= 11 is 0. The number of nitrogens with zero attached hydrogens (tertiary/aromatic N) is 1. The van der Waals surface area contributed by atoms with Gasteiger partial charge >= 0.3 is 5.97 Å². The van der Waals surface area contributed by atoms with Gasteiger partial charge in [-0.1, -0.05) is 18.2 Å². The second-order valence-electron chi connectivity index (χ2n) is 5.52. The van der Waals surface area contributed by atoms with Gasteiger partial charge in [-0.05, 0) is 36.6 Å². The third kappa shape index (κ3) is 2.56. The van der Waals surface area contributed by atoms with Crippen LogP contribution in [0.4, 0.5) is 0 Å². The highest BCUT2D eigenvalue weighted by Gasteiger charge is 2.36. The van der Waals surface area contributed by atoms with Gasteiger partial charge in [-0.25, -0.2) is 0 Å². The first-order valence-corrected chi connectivity index (χ1v) is 7.06. The number of carbonyl (C=O) groups excluding carboxylic acids is 1. The van der Waals surface area contributed by atoms with Crippen LogP contribution in [0.15, 0.2) is 30.3 Å². The fraction of sp³-hybridized carbons (Fsp3) is 0.438. The molecule has 4 heteroatoms. The van der Waals surface area contributed by atoms with Crippen LogP contribution in [0.1, 0.15) is 25.3 Å². The van der Waals surface area contributed by atoms with E-state index in [0.29, 0.717) is 0 Å². The van der Waals surface area contributed by atoms with Gasteiger partial charge in [0.05, 0.1) is 0 Å². The van der Waals surface area contributed by atoms with Crippen molar-refractivity contribution in [1.82, 2.24) is 4.90 Å². The molecule has 0 aliphatic carbocycles. The summed E-state index contributed by atoms with van der Waals surface area (Å²) in [4.78, 5) is 14.0. The van der Waals surface area contributed by atoms with Crippen LogP contribution < -0.4 is 0 Å². The van der Waals surface area contributed by atoms with Crippen molar-refractivity contribution in [3.05, 3.63) is 35.9 Å². The number of phenolic OH excluding ortho intramolecular Hbond substituents is 1. The summed E-state index contributed by atoms with van der Waals surface area (Å²) in [5.41, 5.74) is 2.42.